The fraction of sp³-hybridized carbons (Fsp3) is 0.467. The Morgan fingerprint density at radius 2 is 1.66 bits per heavy atom. The van der Waals surface area contributed by atoms with E-state index in [0.717, 1.165) is 37.7 Å². The molecule has 5 nitrogen and oxygen atoms in total. The van der Waals surface area contributed by atoms with Crippen LogP contribution in [0.25, 0.3) is 0 Å². The molecule has 0 bridgehead atoms. The summed E-state index contributed by atoms with van der Waals surface area (Å²) in [4.78, 5) is 24.0. The predicted molar refractivity (Wildman–Crippen MR) is 134 cm³/mol. The van der Waals surface area contributed by atoms with E-state index < -0.39 is 11.4 Å². The number of aldehydes is 2. The van der Waals surface area contributed by atoms with E-state index in [1.54, 1.807) is 0 Å². The summed E-state index contributed by atoms with van der Waals surface area (Å²) in [5.74, 6) is 0.0524. The lowest BCUT2D eigenvalue weighted by Gasteiger charge is -2.53. The number of phenolic OH excluding ortho intramolecular Hbond substituents is 2. The highest BCUT2D eigenvalue weighted by Crippen LogP contribution is 2.62. The van der Waals surface area contributed by atoms with Crippen LogP contribution in [-0.4, -0.2) is 28.4 Å². The van der Waals surface area contributed by atoms with Crippen LogP contribution in [0.1, 0.15) is 90.6 Å². The maximum absolute atomic E-state index is 12.1. The summed E-state index contributed by atoms with van der Waals surface area (Å²) in [7, 11) is 0. The molecule has 2 aliphatic carbocycles. The zero-order valence-corrected chi connectivity index (χ0v) is 20.7. The van der Waals surface area contributed by atoms with Gasteiger partial charge in [-0.05, 0) is 61.8 Å². The molecule has 35 heavy (non-hydrogen) atoms. The molecule has 0 saturated heterocycles. The molecular formula is C30H34O5. The Bertz CT molecular complexity index is 1200. The van der Waals surface area contributed by atoms with E-state index >= 15 is 0 Å². The van der Waals surface area contributed by atoms with E-state index in [9.17, 15) is 19.8 Å². The Balaban J connectivity index is 1.73. The second-order valence-electron chi connectivity index (χ2n) is 11.6. The number of benzene rings is 2. The topological polar surface area (TPSA) is 83.8 Å². The molecule has 0 amide bonds. The first-order valence-electron chi connectivity index (χ1n) is 12.6. The van der Waals surface area contributed by atoms with Crippen molar-refractivity contribution in [1.29, 1.82) is 0 Å². The molecule has 2 fully saturated rings. The van der Waals surface area contributed by atoms with Crippen LogP contribution in [0.4, 0.5) is 0 Å². The van der Waals surface area contributed by atoms with E-state index in [1.807, 2.05) is 30.3 Å². The molecule has 2 saturated carbocycles. The highest BCUT2D eigenvalue weighted by Gasteiger charge is 2.54. The van der Waals surface area contributed by atoms with Gasteiger partial charge in [-0.3, -0.25) is 9.59 Å². The minimum absolute atomic E-state index is 0.0239. The number of hydrogen-bond acceptors (Lipinski definition) is 5. The summed E-state index contributed by atoms with van der Waals surface area (Å²) in [6.45, 7) is 11.2. The number of carbonyl (C=O) groups excluding carboxylic acids is 2. The van der Waals surface area contributed by atoms with Gasteiger partial charge in [0.25, 0.3) is 0 Å². The first kappa shape index (κ1) is 23.7. The zero-order chi connectivity index (χ0) is 25.1. The van der Waals surface area contributed by atoms with Gasteiger partial charge in [0.1, 0.15) is 22.8 Å². The van der Waals surface area contributed by atoms with Crippen molar-refractivity contribution >= 4 is 12.6 Å². The zero-order valence-electron chi connectivity index (χ0n) is 20.7. The smallest absolute Gasteiger partial charge is 0.157 e. The molecular weight excluding hydrogens is 440 g/mol. The minimum atomic E-state index is -0.631. The highest BCUT2D eigenvalue weighted by molar-refractivity contribution is 5.95. The molecule has 3 aliphatic rings. The second kappa shape index (κ2) is 8.25. The Hall–Kier alpha value is -3.08. The standard InChI is InChI=1S/C30H34O5/c1-17-10-11-23-24(18-8-6-5-7-9-18)25-27(34)20(15-31)26(33)21(16-32)28(25)35-30(23,4)13-12-22-19(17)14-29(22,2)3/h5-9,15-16,19,22-24,33-34H,1,10-14H2,2-4H3/t19-,22-,23+,24-,30-/m1/s1. The van der Waals surface area contributed by atoms with E-state index in [-0.39, 0.29) is 39.9 Å². The largest absolute Gasteiger partial charge is 0.507 e. The van der Waals surface area contributed by atoms with Crippen molar-refractivity contribution in [3.8, 4) is 17.2 Å². The summed E-state index contributed by atoms with van der Waals surface area (Å²) in [6.07, 6.45) is 5.50. The quantitative estimate of drug-likeness (QED) is 0.396. The van der Waals surface area contributed by atoms with Gasteiger partial charge in [-0.15, -0.1) is 0 Å². The third-order valence-corrected chi connectivity index (χ3v) is 9.23. The van der Waals surface area contributed by atoms with E-state index in [1.165, 1.54) is 5.57 Å². The van der Waals surface area contributed by atoms with Gasteiger partial charge in [-0.2, -0.15) is 0 Å². The highest BCUT2D eigenvalue weighted by atomic mass is 16.5. The average Bonchev–Trinajstić information content (AvgIpc) is 2.86. The number of hydrogen-bond donors (Lipinski definition) is 2. The molecule has 0 radical (unpaired) electrons. The Morgan fingerprint density at radius 3 is 2.29 bits per heavy atom. The summed E-state index contributed by atoms with van der Waals surface area (Å²) in [5.41, 5.74) is 1.95. The van der Waals surface area contributed by atoms with Gasteiger partial charge in [-0.1, -0.05) is 56.3 Å². The third kappa shape index (κ3) is 3.50. The second-order valence-corrected chi connectivity index (χ2v) is 11.6. The van der Waals surface area contributed by atoms with Crippen LogP contribution < -0.4 is 4.74 Å². The van der Waals surface area contributed by atoms with Crippen molar-refractivity contribution in [2.45, 2.75) is 64.4 Å². The number of ether oxygens (including phenoxy) is 1. The molecule has 1 heterocycles. The molecule has 5 heteroatoms. The molecule has 5 rings (SSSR count). The van der Waals surface area contributed by atoms with Gasteiger partial charge in [0.2, 0.25) is 0 Å². The third-order valence-electron chi connectivity index (χ3n) is 9.23. The van der Waals surface area contributed by atoms with Crippen LogP contribution in [0.2, 0.25) is 0 Å². The average molecular weight is 475 g/mol. The first-order chi connectivity index (χ1) is 16.6. The predicted octanol–water partition coefficient (Wildman–Crippen LogP) is 6.41. The number of allylic oxidation sites excluding steroid dienone is 1. The molecule has 2 aromatic carbocycles. The monoisotopic (exact) mass is 474 g/mol. The van der Waals surface area contributed by atoms with E-state index in [2.05, 4.69) is 27.4 Å². The van der Waals surface area contributed by atoms with Crippen LogP contribution in [0.15, 0.2) is 42.5 Å². The molecule has 0 aromatic heterocycles. The molecule has 1 aliphatic heterocycles. The van der Waals surface area contributed by atoms with Gasteiger partial charge in [0.05, 0.1) is 11.1 Å². The Labute approximate surface area is 206 Å². The van der Waals surface area contributed by atoms with Crippen LogP contribution >= 0.6 is 0 Å². The van der Waals surface area contributed by atoms with Crippen LogP contribution in [0, 0.1) is 23.2 Å². The van der Waals surface area contributed by atoms with Gasteiger partial charge < -0.3 is 14.9 Å². The number of aromatic hydroxyl groups is 2. The van der Waals surface area contributed by atoms with Crippen molar-refractivity contribution in [3.63, 3.8) is 0 Å². The number of carbonyl (C=O) groups is 2. The molecule has 0 spiro atoms. The van der Waals surface area contributed by atoms with Crippen LogP contribution in [0.5, 0.6) is 17.2 Å². The number of fused-ring (bicyclic) bond motifs is 3. The molecule has 2 N–H and O–H groups in total. The summed E-state index contributed by atoms with van der Waals surface area (Å²) in [5, 5.41) is 21.9. The van der Waals surface area contributed by atoms with Gasteiger partial charge in [-0.25, -0.2) is 0 Å². The lowest BCUT2D eigenvalue weighted by molar-refractivity contribution is -0.0395. The molecule has 5 atom stereocenters. The lowest BCUT2D eigenvalue weighted by atomic mass is 9.52. The fourth-order valence-electron chi connectivity index (χ4n) is 7.25. The van der Waals surface area contributed by atoms with Crippen molar-refractivity contribution in [3.05, 3.63) is 64.7 Å². The van der Waals surface area contributed by atoms with Crippen molar-refractivity contribution < 1.29 is 24.5 Å². The minimum Gasteiger partial charge on any atom is -0.507 e. The maximum Gasteiger partial charge on any atom is 0.157 e. The maximum atomic E-state index is 12.1. The fourth-order valence-corrected chi connectivity index (χ4v) is 7.25. The van der Waals surface area contributed by atoms with Crippen molar-refractivity contribution in [2.75, 3.05) is 0 Å². The SMILES string of the molecule is C=C1CC[C@H]2[C@@H](c3ccccc3)c3c(O)c(C=O)c(O)c(C=O)c3O[C@]2(C)CC[C@@H]2[C@@H]1CC2(C)C. The lowest BCUT2D eigenvalue weighted by Crippen LogP contribution is -2.49. The van der Waals surface area contributed by atoms with Gasteiger partial charge in [0.15, 0.2) is 12.6 Å². The normalized spacial score (nSPS) is 31.2. The van der Waals surface area contributed by atoms with E-state index in [0.29, 0.717) is 30.0 Å². The number of phenols is 2. The molecule has 184 valence electrons. The Morgan fingerprint density at radius 1 is 0.971 bits per heavy atom. The number of rotatable bonds is 3. The van der Waals surface area contributed by atoms with Crippen LogP contribution in [-0.2, 0) is 0 Å². The summed E-state index contributed by atoms with van der Waals surface area (Å²) < 4.78 is 6.66. The summed E-state index contributed by atoms with van der Waals surface area (Å²) >= 11 is 0. The van der Waals surface area contributed by atoms with Crippen molar-refractivity contribution in [2.24, 2.45) is 23.2 Å². The van der Waals surface area contributed by atoms with Crippen LogP contribution in [0.3, 0.4) is 0 Å². The van der Waals surface area contributed by atoms with Crippen molar-refractivity contribution in [1.82, 2.24) is 0 Å². The summed E-state index contributed by atoms with van der Waals surface area (Å²) in [6, 6.07) is 9.89. The van der Waals surface area contributed by atoms with Gasteiger partial charge >= 0.3 is 0 Å². The molecule has 2 aromatic rings. The van der Waals surface area contributed by atoms with E-state index in [4.69, 9.17) is 4.74 Å². The Kier molecular flexibility index (Phi) is 5.58. The first-order valence-corrected chi connectivity index (χ1v) is 12.6. The van der Waals surface area contributed by atoms with Gasteiger partial charge in [0, 0.05) is 17.4 Å². The molecule has 0 unspecified atom stereocenters.